The molecular formula is C14H15N3O2. The first kappa shape index (κ1) is 11.8. The molecule has 0 unspecified atom stereocenters. The zero-order chi connectivity index (χ0) is 13.2. The average molecular weight is 257 g/mol. The molecule has 5 nitrogen and oxygen atoms in total. The highest BCUT2D eigenvalue weighted by Crippen LogP contribution is 2.39. The summed E-state index contributed by atoms with van der Waals surface area (Å²) in [5.41, 5.74) is 1.86. The number of H-pyrrole nitrogens is 1. The zero-order valence-electron chi connectivity index (χ0n) is 10.4. The third-order valence-corrected chi connectivity index (χ3v) is 3.16. The van der Waals surface area contributed by atoms with Crippen molar-refractivity contribution < 1.29 is 9.90 Å². The summed E-state index contributed by atoms with van der Waals surface area (Å²) in [4.78, 5) is 11.8. The van der Waals surface area contributed by atoms with E-state index in [1.807, 2.05) is 6.07 Å². The maximum Gasteiger partial charge on any atom is 0.229 e. The molecule has 3 N–H and O–H groups in total. The van der Waals surface area contributed by atoms with Crippen LogP contribution in [0.15, 0.2) is 30.3 Å². The maximum atomic E-state index is 11.8. The minimum absolute atomic E-state index is 0.139. The average Bonchev–Trinajstić information content (AvgIpc) is 3.11. The van der Waals surface area contributed by atoms with Crippen LogP contribution in [0.3, 0.4) is 0 Å². The Morgan fingerprint density at radius 2 is 2.26 bits per heavy atom. The number of phenolic OH excluding ortho intramolecular Hbond substituents is 1. The van der Waals surface area contributed by atoms with Gasteiger partial charge in [-0.2, -0.15) is 5.10 Å². The van der Waals surface area contributed by atoms with Crippen LogP contribution in [0.2, 0.25) is 0 Å². The molecule has 0 bridgehead atoms. The van der Waals surface area contributed by atoms with Crippen molar-refractivity contribution in [2.45, 2.75) is 25.2 Å². The Labute approximate surface area is 110 Å². The van der Waals surface area contributed by atoms with Gasteiger partial charge in [0.05, 0.1) is 6.42 Å². The molecule has 3 rings (SSSR count). The first-order valence-corrected chi connectivity index (χ1v) is 6.34. The monoisotopic (exact) mass is 257 g/mol. The molecule has 1 aromatic heterocycles. The number of phenols is 1. The highest BCUT2D eigenvalue weighted by molar-refractivity contribution is 5.91. The molecule has 1 aliphatic rings. The van der Waals surface area contributed by atoms with E-state index >= 15 is 0 Å². The lowest BCUT2D eigenvalue weighted by molar-refractivity contribution is -0.115. The molecule has 2 aromatic rings. The molecule has 1 aromatic carbocycles. The molecular weight excluding hydrogens is 242 g/mol. The Hall–Kier alpha value is -2.30. The molecule has 0 aliphatic heterocycles. The summed E-state index contributed by atoms with van der Waals surface area (Å²) < 4.78 is 0. The van der Waals surface area contributed by atoms with Gasteiger partial charge in [0, 0.05) is 17.7 Å². The Kier molecular flexibility index (Phi) is 2.95. The summed E-state index contributed by atoms with van der Waals surface area (Å²) in [6.07, 6.45) is 2.61. The summed E-state index contributed by atoms with van der Waals surface area (Å²) in [6, 6.07) is 8.58. The number of amides is 1. The SMILES string of the molecule is O=C(Cc1cccc(O)c1)Nc1cc(C2CC2)[nH]n1. The smallest absolute Gasteiger partial charge is 0.229 e. The summed E-state index contributed by atoms with van der Waals surface area (Å²) in [5, 5.41) is 19.1. The number of hydrogen-bond acceptors (Lipinski definition) is 3. The molecule has 0 spiro atoms. The lowest BCUT2D eigenvalue weighted by atomic mass is 10.1. The molecule has 1 saturated carbocycles. The minimum atomic E-state index is -0.139. The number of benzene rings is 1. The number of rotatable bonds is 4. The quantitative estimate of drug-likeness (QED) is 0.785. The number of carbonyl (C=O) groups excluding carboxylic acids is 1. The molecule has 0 radical (unpaired) electrons. The largest absolute Gasteiger partial charge is 0.508 e. The summed E-state index contributed by atoms with van der Waals surface area (Å²) in [7, 11) is 0. The van der Waals surface area contributed by atoms with Crippen molar-refractivity contribution in [2.24, 2.45) is 0 Å². The van der Waals surface area contributed by atoms with Gasteiger partial charge in [-0.1, -0.05) is 12.1 Å². The summed E-state index contributed by atoms with van der Waals surface area (Å²) >= 11 is 0. The van der Waals surface area contributed by atoms with Crippen LogP contribution in [0.5, 0.6) is 5.75 Å². The van der Waals surface area contributed by atoms with Gasteiger partial charge in [0.2, 0.25) is 5.91 Å². The molecule has 0 atom stereocenters. The molecule has 0 saturated heterocycles. The Morgan fingerprint density at radius 3 is 3.00 bits per heavy atom. The third-order valence-electron chi connectivity index (χ3n) is 3.16. The third kappa shape index (κ3) is 2.93. The van der Waals surface area contributed by atoms with E-state index in [4.69, 9.17) is 0 Å². The van der Waals surface area contributed by atoms with Gasteiger partial charge in [-0.3, -0.25) is 9.89 Å². The summed E-state index contributed by atoms with van der Waals surface area (Å²) in [6.45, 7) is 0. The van der Waals surface area contributed by atoms with E-state index in [-0.39, 0.29) is 18.1 Å². The first-order chi connectivity index (χ1) is 9.20. The number of aromatic hydroxyl groups is 1. The van der Waals surface area contributed by atoms with Gasteiger partial charge in [-0.25, -0.2) is 0 Å². The molecule has 98 valence electrons. The van der Waals surface area contributed by atoms with Gasteiger partial charge < -0.3 is 10.4 Å². The van der Waals surface area contributed by atoms with Gasteiger partial charge in [-0.05, 0) is 30.5 Å². The molecule has 19 heavy (non-hydrogen) atoms. The van der Waals surface area contributed by atoms with Gasteiger partial charge in [0.15, 0.2) is 5.82 Å². The fraction of sp³-hybridized carbons (Fsp3) is 0.286. The normalized spacial score (nSPS) is 14.3. The fourth-order valence-corrected chi connectivity index (χ4v) is 2.04. The van der Waals surface area contributed by atoms with E-state index in [1.165, 1.54) is 12.8 Å². The van der Waals surface area contributed by atoms with E-state index < -0.39 is 0 Å². The number of nitrogens with one attached hydrogen (secondary N) is 2. The van der Waals surface area contributed by atoms with Crippen LogP contribution in [0.25, 0.3) is 0 Å². The number of aromatic amines is 1. The number of carbonyl (C=O) groups is 1. The minimum Gasteiger partial charge on any atom is -0.508 e. The molecule has 1 heterocycles. The number of nitrogens with zero attached hydrogens (tertiary/aromatic N) is 1. The second-order valence-electron chi connectivity index (χ2n) is 4.88. The van der Waals surface area contributed by atoms with Crippen molar-refractivity contribution in [3.8, 4) is 5.75 Å². The molecule has 1 fully saturated rings. The van der Waals surface area contributed by atoms with Crippen molar-refractivity contribution in [2.75, 3.05) is 5.32 Å². The van der Waals surface area contributed by atoms with E-state index in [9.17, 15) is 9.90 Å². The predicted octanol–water partition coefficient (Wildman–Crippen LogP) is 2.17. The van der Waals surface area contributed by atoms with Gasteiger partial charge >= 0.3 is 0 Å². The van der Waals surface area contributed by atoms with Gasteiger partial charge in [-0.15, -0.1) is 0 Å². The van der Waals surface area contributed by atoms with Crippen molar-refractivity contribution >= 4 is 11.7 Å². The number of aromatic nitrogens is 2. The lowest BCUT2D eigenvalue weighted by Crippen LogP contribution is -2.14. The lowest BCUT2D eigenvalue weighted by Gasteiger charge is -2.02. The second kappa shape index (κ2) is 4.76. The Morgan fingerprint density at radius 1 is 1.42 bits per heavy atom. The van der Waals surface area contributed by atoms with E-state index in [1.54, 1.807) is 24.3 Å². The Bertz CT molecular complexity index is 602. The van der Waals surface area contributed by atoms with Crippen molar-refractivity contribution in [3.05, 3.63) is 41.6 Å². The van der Waals surface area contributed by atoms with Crippen LogP contribution in [-0.2, 0) is 11.2 Å². The van der Waals surface area contributed by atoms with Crippen LogP contribution in [0, 0.1) is 0 Å². The van der Waals surface area contributed by atoms with Crippen LogP contribution in [-0.4, -0.2) is 21.2 Å². The highest BCUT2D eigenvalue weighted by atomic mass is 16.3. The standard InChI is InChI=1S/C14H15N3O2/c18-11-3-1-2-9(6-11)7-14(19)15-13-8-12(16-17-13)10-4-5-10/h1-3,6,8,10,18H,4-5,7H2,(H2,15,16,17,19). The van der Waals surface area contributed by atoms with E-state index in [2.05, 4.69) is 15.5 Å². The molecule has 1 aliphatic carbocycles. The second-order valence-corrected chi connectivity index (χ2v) is 4.88. The van der Waals surface area contributed by atoms with Crippen molar-refractivity contribution in [1.29, 1.82) is 0 Å². The topological polar surface area (TPSA) is 78.0 Å². The number of hydrogen-bond donors (Lipinski definition) is 3. The van der Waals surface area contributed by atoms with E-state index in [0.717, 1.165) is 11.3 Å². The molecule has 5 heteroatoms. The highest BCUT2D eigenvalue weighted by Gasteiger charge is 2.25. The zero-order valence-corrected chi connectivity index (χ0v) is 10.4. The number of anilines is 1. The van der Waals surface area contributed by atoms with Gasteiger partial charge in [0.25, 0.3) is 0 Å². The van der Waals surface area contributed by atoms with E-state index in [0.29, 0.717) is 11.7 Å². The van der Waals surface area contributed by atoms with Crippen molar-refractivity contribution in [3.63, 3.8) is 0 Å². The maximum absolute atomic E-state index is 11.8. The Balaban J connectivity index is 1.61. The fourth-order valence-electron chi connectivity index (χ4n) is 2.04. The van der Waals surface area contributed by atoms with Crippen LogP contribution in [0.4, 0.5) is 5.82 Å². The molecule has 1 amide bonds. The van der Waals surface area contributed by atoms with Crippen LogP contribution >= 0.6 is 0 Å². The first-order valence-electron chi connectivity index (χ1n) is 6.34. The van der Waals surface area contributed by atoms with Crippen molar-refractivity contribution in [1.82, 2.24) is 10.2 Å². The predicted molar refractivity (Wildman–Crippen MR) is 71.0 cm³/mol. The van der Waals surface area contributed by atoms with Crippen LogP contribution < -0.4 is 5.32 Å². The summed E-state index contributed by atoms with van der Waals surface area (Å²) in [5.74, 6) is 1.18. The van der Waals surface area contributed by atoms with Gasteiger partial charge in [0.1, 0.15) is 5.75 Å². The van der Waals surface area contributed by atoms with Crippen LogP contribution in [0.1, 0.15) is 30.0 Å².